The minimum absolute atomic E-state index is 0.00527. The van der Waals surface area contributed by atoms with E-state index in [1.165, 1.54) is 11.6 Å². The summed E-state index contributed by atoms with van der Waals surface area (Å²) >= 11 is 0. The van der Waals surface area contributed by atoms with Crippen LogP contribution in [0.3, 0.4) is 0 Å². The van der Waals surface area contributed by atoms with Gasteiger partial charge in [-0.15, -0.1) is 0 Å². The maximum Gasteiger partial charge on any atom is 0.238 e. The number of hydrogen-bond acceptors (Lipinski definition) is 12. The summed E-state index contributed by atoms with van der Waals surface area (Å²) in [5.41, 5.74) is -2.29. The first-order chi connectivity index (χ1) is 24.8. The number of aliphatic hydroxyl groups excluding tert-OH is 1. The van der Waals surface area contributed by atoms with Gasteiger partial charge in [0.2, 0.25) is 17.0 Å². The van der Waals surface area contributed by atoms with Crippen molar-refractivity contribution in [3.8, 4) is 40.1 Å². The fourth-order valence-corrected chi connectivity index (χ4v) is 10.9. The number of ketones is 2. The highest BCUT2D eigenvalue weighted by molar-refractivity contribution is 6.06. The first-order valence-electron chi connectivity index (χ1n) is 17.5. The molecule has 2 aromatic carbocycles. The molecule has 2 saturated carbocycles. The molecule has 0 amide bonds. The molecule has 6 N–H and O–H groups in total. The van der Waals surface area contributed by atoms with Gasteiger partial charge in [0.25, 0.3) is 0 Å². The Kier molecular flexibility index (Phi) is 7.04. The van der Waals surface area contributed by atoms with Gasteiger partial charge in [0, 0.05) is 28.5 Å². The second-order valence-electron chi connectivity index (χ2n) is 16.2. The molecule has 9 rings (SSSR count). The van der Waals surface area contributed by atoms with E-state index in [1.807, 2.05) is 39.2 Å². The van der Waals surface area contributed by atoms with E-state index in [4.69, 9.17) is 13.6 Å². The average molecular weight is 725 g/mol. The van der Waals surface area contributed by atoms with Crippen LogP contribution in [-0.2, 0) is 14.3 Å². The minimum Gasteiger partial charge on any atom is -0.508 e. The van der Waals surface area contributed by atoms with E-state index in [2.05, 4.69) is 13.8 Å². The standard InChI is InChI=1S/C26H30O5.C15H10O7/c1-22(2)17(27)7-9-23(3)16-6-10-24(4)15(14-8-11-30-13-14)12-18-26(24,31-18)25(16,5)21(29)19(28)20(22)23;16-7-4-10(19)12-11(5-7)22-15(14(21)13(12)20)6-1-2-8(17)9(18)3-6/h7-9,11,13,15-16,18,28H,6,10,12H2,1-5H3;1-5,16-19,21H. The lowest BCUT2D eigenvalue weighted by Gasteiger charge is -2.62. The summed E-state index contributed by atoms with van der Waals surface area (Å²) in [5, 5.41) is 59.0. The van der Waals surface area contributed by atoms with Crippen molar-refractivity contribution >= 4 is 22.5 Å². The lowest BCUT2D eigenvalue weighted by Crippen LogP contribution is -2.66. The first-order valence-corrected chi connectivity index (χ1v) is 17.5. The van der Waals surface area contributed by atoms with Gasteiger partial charge in [-0.2, -0.15) is 0 Å². The van der Waals surface area contributed by atoms with Crippen LogP contribution in [-0.4, -0.2) is 53.9 Å². The SMILES string of the molecule is CC1(C)C(=O)C=CC2(C)C1=C(O)C(=O)C1(C)C2CCC2(C)C(c3ccoc3)CC3OC321.O=c1c(O)c(-c2ccc(O)c(O)c2)oc2cc(O)cc(O)c12. The van der Waals surface area contributed by atoms with Gasteiger partial charge in [-0.25, -0.2) is 0 Å². The molecule has 7 unspecified atom stereocenters. The number of carbonyl (C=O) groups excluding carboxylic acids is 2. The molecule has 4 aliphatic carbocycles. The number of furan rings is 1. The van der Waals surface area contributed by atoms with Crippen LogP contribution in [0.5, 0.6) is 28.7 Å². The largest absolute Gasteiger partial charge is 0.508 e. The number of rotatable bonds is 2. The zero-order chi connectivity index (χ0) is 38.2. The normalized spacial score (nSPS) is 33.4. The number of phenols is 4. The summed E-state index contributed by atoms with van der Waals surface area (Å²) in [5.74, 6) is -3.03. The highest BCUT2D eigenvalue weighted by Crippen LogP contribution is 2.81. The second-order valence-corrected chi connectivity index (χ2v) is 16.2. The first kappa shape index (κ1) is 34.6. The Bertz CT molecular complexity index is 2380. The molecule has 0 radical (unpaired) electrons. The topological polar surface area (TPSA) is 211 Å². The van der Waals surface area contributed by atoms with Gasteiger partial charge in [-0.05, 0) is 93.3 Å². The number of benzene rings is 2. The number of hydrogen-bond donors (Lipinski definition) is 6. The quantitative estimate of drug-likeness (QED) is 0.0923. The van der Waals surface area contributed by atoms with Crippen molar-refractivity contribution in [1.82, 2.24) is 0 Å². The smallest absolute Gasteiger partial charge is 0.238 e. The fraction of sp³-hybridized carbons (Fsp3) is 0.390. The number of epoxide rings is 1. The maximum absolute atomic E-state index is 14.0. The highest BCUT2D eigenvalue weighted by Gasteiger charge is 2.87. The summed E-state index contributed by atoms with van der Waals surface area (Å²) in [6, 6.07) is 7.67. The monoisotopic (exact) mass is 724 g/mol. The number of Topliss-reactive ketones (excluding diaryl/α,β-unsaturated/α-hetero) is 1. The summed E-state index contributed by atoms with van der Waals surface area (Å²) in [6.45, 7) is 10.0. The molecule has 0 bridgehead atoms. The number of allylic oxidation sites excluding steroid dienone is 4. The summed E-state index contributed by atoms with van der Waals surface area (Å²) in [6.07, 6.45) is 9.76. The molecule has 3 fully saturated rings. The molecule has 5 aliphatic rings. The molecule has 1 saturated heterocycles. The molecule has 7 atom stereocenters. The molecule has 1 spiro atoms. The van der Waals surface area contributed by atoms with Crippen molar-refractivity contribution in [3.63, 3.8) is 0 Å². The Labute approximate surface area is 303 Å². The van der Waals surface area contributed by atoms with Gasteiger partial charge in [-0.1, -0.05) is 19.9 Å². The zero-order valence-corrected chi connectivity index (χ0v) is 29.8. The van der Waals surface area contributed by atoms with Crippen LogP contribution in [0.15, 0.2) is 86.0 Å². The van der Waals surface area contributed by atoms with Crippen LogP contribution >= 0.6 is 0 Å². The van der Waals surface area contributed by atoms with Gasteiger partial charge in [0.1, 0.15) is 28.1 Å². The summed E-state index contributed by atoms with van der Waals surface area (Å²) < 4.78 is 17.2. The van der Waals surface area contributed by atoms with E-state index in [1.54, 1.807) is 12.3 Å². The molecule has 53 heavy (non-hydrogen) atoms. The number of fused-ring (bicyclic) bond motifs is 4. The molecular weight excluding hydrogens is 684 g/mol. The lowest BCUT2D eigenvalue weighted by atomic mass is 9.39. The van der Waals surface area contributed by atoms with Crippen molar-refractivity contribution in [2.75, 3.05) is 0 Å². The molecule has 4 aromatic rings. The predicted molar refractivity (Wildman–Crippen MR) is 190 cm³/mol. The van der Waals surface area contributed by atoms with Gasteiger partial charge < -0.3 is 44.2 Å². The molecule has 12 heteroatoms. The molecule has 2 aromatic heterocycles. The molecule has 276 valence electrons. The Morgan fingerprint density at radius 2 is 1.58 bits per heavy atom. The zero-order valence-electron chi connectivity index (χ0n) is 29.8. The Morgan fingerprint density at radius 3 is 2.26 bits per heavy atom. The van der Waals surface area contributed by atoms with Gasteiger partial charge in [0.05, 0.1) is 29.5 Å². The summed E-state index contributed by atoms with van der Waals surface area (Å²) in [7, 11) is 0. The van der Waals surface area contributed by atoms with E-state index in [0.717, 1.165) is 43.5 Å². The van der Waals surface area contributed by atoms with E-state index in [-0.39, 0.29) is 74.5 Å². The minimum atomic E-state index is -0.901. The predicted octanol–water partition coefficient (Wildman–Crippen LogP) is 6.88. The number of ether oxygens (including phenoxy) is 1. The van der Waals surface area contributed by atoms with Crippen LogP contribution in [0.25, 0.3) is 22.3 Å². The number of aliphatic hydroxyl groups is 1. The van der Waals surface area contributed by atoms with Crippen LogP contribution in [0, 0.1) is 27.6 Å². The van der Waals surface area contributed by atoms with Crippen molar-refractivity contribution in [1.29, 1.82) is 0 Å². The van der Waals surface area contributed by atoms with Crippen molar-refractivity contribution in [2.45, 2.75) is 71.5 Å². The molecule has 3 heterocycles. The van der Waals surface area contributed by atoms with Crippen LogP contribution < -0.4 is 5.43 Å². The van der Waals surface area contributed by atoms with Gasteiger partial charge >= 0.3 is 0 Å². The fourth-order valence-electron chi connectivity index (χ4n) is 10.9. The molecular formula is C41H40O12. The second kappa shape index (κ2) is 10.8. The van der Waals surface area contributed by atoms with E-state index in [9.17, 15) is 45.0 Å². The third-order valence-electron chi connectivity index (χ3n) is 13.3. The Morgan fingerprint density at radius 1 is 0.849 bits per heavy atom. The lowest BCUT2D eigenvalue weighted by molar-refractivity contribution is -0.162. The van der Waals surface area contributed by atoms with E-state index >= 15 is 0 Å². The molecule has 12 nitrogen and oxygen atoms in total. The number of phenolic OH excluding ortho intramolecular Hbond substituents is 4. The van der Waals surface area contributed by atoms with Crippen LogP contribution in [0.4, 0.5) is 0 Å². The van der Waals surface area contributed by atoms with Crippen LogP contribution in [0.1, 0.15) is 65.4 Å². The summed E-state index contributed by atoms with van der Waals surface area (Å²) in [4.78, 5) is 38.9. The van der Waals surface area contributed by atoms with Gasteiger partial charge in [0.15, 0.2) is 28.8 Å². The van der Waals surface area contributed by atoms with Crippen LogP contribution in [0.2, 0.25) is 0 Å². The van der Waals surface area contributed by atoms with E-state index < -0.39 is 44.5 Å². The van der Waals surface area contributed by atoms with Crippen molar-refractivity contribution in [2.24, 2.45) is 27.6 Å². The average Bonchev–Trinajstić information content (AvgIpc) is 3.45. The maximum atomic E-state index is 14.0. The van der Waals surface area contributed by atoms with Gasteiger partial charge in [-0.3, -0.25) is 14.4 Å². The van der Waals surface area contributed by atoms with Crippen molar-refractivity contribution < 1.29 is 53.8 Å². The Balaban J connectivity index is 0.000000161. The third-order valence-corrected chi connectivity index (χ3v) is 13.3. The molecule has 1 aliphatic heterocycles. The van der Waals surface area contributed by atoms with Crippen molar-refractivity contribution in [3.05, 3.63) is 88.2 Å². The highest BCUT2D eigenvalue weighted by atomic mass is 16.6. The number of aromatic hydroxyl groups is 5. The Hall–Kier alpha value is -5.49. The van der Waals surface area contributed by atoms with E-state index in [0.29, 0.717) is 5.57 Å². The number of carbonyl (C=O) groups is 2. The third kappa shape index (κ3) is 4.23.